The zero-order valence-corrected chi connectivity index (χ0v) is 19.6. The number of carbonyl (C=O) groups is 2. The number of carbonyl (C=O) groups excluding carboxylic acids is 2. The van der Waals surface area contributed by atoms with Crippen molar-refractivity contribution in [1.82, 2.24) is 0 Å². The van der Waals surface area contributed by atoms with Crippen LogP contribution in [0.4, 0.5) is 5.69 Å². The third-order valence-electron chi connectivity index (χ3n) is 5.81. The Morgan fingerprint density at radius 3 is 2.53 bits per heavy atom. The number of aliphatic hydroxyl groups is 1. The lowest BCUT2D eigenvalue weighted by molar-refractivity contribution is -0.140. The molecule has 0 radical (unpaired) electrons. The minimum atomic E-state index is -1.91. The molecule has 3 aromatic carbocycles. The molecule has 0 bridgehead atoms. The molecular weight excluding hydrogens is 466 g/mol. The maximum absolute atomic E-state index is 13.5. The van der Waals surface area contributed by atoms with E-state index in [1.165, 1.54) is 6.08 Å². The van der Waals surface area contributed by atoms with E-state index < -0.39 is 11.5 Å². The van der Waals surface area contributed by atoms with Gasteiger partial charge >= 0.3 is 0 Å². The molecule has 1 aliphatic heterocycles. The highest BCUT2D eigenvalue weighted by Crippen LogP contribution is 2.44. The van der Waals surface area contributed by atoms with Gasteiger partial charge in [0.05, 0.1) is 18.7 Å². The summed E-state index contributed by atoms with van der Waals surface area (Å²) in [6.07, 6.45) is 2.80. The van der Waals surface area contributed by atoms with Crippen LogP contribution in [-0.2, 0) is 21.7 Å². The predicted octanol–water partition coefficient (Wildman–Crippen LogP) is 5.47. The van der Waals surface area contributed by atoms with Crippen LogP contribution in [0.3, 0.4) is 0 Å². The Kier molecular flexibility index (Phi) is 6.13. The third kappa shape index (κ3) is 4.31. The summed E-state index contributed by atoms with van der Waals surface area (Å²) in [6.45, 7) is 4.36. The third-order valence-corrected chi connectivity index (χ3v) is 6.31. The van der Waals surface area contributed by atoms with E-state index >= 15 is 0 Å². The predicted molar refractivity (Wildman–Crippen MR) is 130 cm³/mol. The average Bonchev–Trinajstić information content (AvgIpc) is 2.96. The van der Waals surface area contributed by atoms with Gasteiger partial charge in [-0.1, -0.05) is 76.1 Å². The topological polar surface area (TPSA) is 57.6 Å². The first-order chi connectivity index (χ1) is 15.3. The number of amides is 1. The molecule has 162 valence electrons. The van der Waals surface area contributed by atoms with Crippen molar-refractivity contribution in [3.05, 3.63) is 105 Å². The van der Waals surface area contributed by atoms with Gasteiger partial charge in [-0.2, -0.15) is 0 Å². The number of hydrogen-bond donors (Lipinski definition) is 1. The second-order valence-corrected chi connectivity index (χ2v) is 9.15. The van der Waals surface area contributed by atoms with Crippen LogP contribution in [0.15, 0.2) is 77.3 Å². The Bertz CT molecular complexity index is 1220. The van der Waals surface area contributed by atoms with Crippen molar-refractivity contribution in [3.63, 3.8) is 0 Å². The van der Waals surface area contributed by atoms with Crippen molar-refractivity contribution in [3.8, 4) is 0 Å². The van der Waals surface area contributed by atoms with Crippen LogP contribution in [0.1, 0.15) is 34.2 Å². The molecule has 0 spiro atoms. The monoisotopic (exact) mass is 489 g/mol. The van der Waals surface area contributed by atoms with E-state index in [0.29, 0.717) is 17.8 Å². The Hall–Kier alpha value is -3.02. The Labute approximate surface area is 196 Å². The van der Waals surface area contributed by atoms with E-state index in [1.807, 2.05) is 68.4 Å². The average molecular weight is 490 g/mol. The molecule has 1 N–H and O–H groups in total. The van der Waals surface area contributed by atoms with Crippen molar-refractivity contribution in [2.75, 3.05) is 4.90 Å². The number of rotatable bonds is 6. The molecule has 0 aromatic heterocycles. The van der Waals surface area contributed by atoms with E-state index in [9.17, 15) is 14.7 Å². The highest BCUT2D eigenvalue weighted by molar-refractivity contribution is 9.10. The quantitative estimate of drug-likeness (QED) is 0.466. The van der Waals surface area contributed by atoms with Gasteiger partial charge in [-0.3, -0.25) is 9.59 Å². The number of nitrogens with zero attached hydrogens (tertiary/aromatic N) is 1. The largest absolute Gasteiger partial charge is 0.375 e. The number of fused-ring (bicyclic) bond motifs is 1. The summed E-state index contributed by atoms with van der Waals surface area (Å²) in [6, 6.07) is 20.9. The number of allylic oxidation sites excluding steroid dienone is 1. The van der Waals surface area contributed by atoms with Gasteiger partial charge < -0.3 is 10.0 Å². The summed E-state index contributed by atoms with van der Waals surface area (Å²) >= 11 is 3.43. The summed E-state index contributed by atoms with van der Waals surface area (Å²) in [4.78, 5) is 27.8. The lowest BCUT2D eigenvalue weighted by Gasteiger charge is -2.23. The van der Waals surface area contributed by atoms with Gasteiger partial charge in [-0.15, -0.1) is 0 Å². The fourth-order valence-electron chi connectivity index (χ4n) is 4.11. The normalized spacial score (nSPS) is 17.8. The summed E-state index contributed by atoms with van der Waals surface area (Å²) in [5.74, 6) is -0.795. The lowest BCUT2D eigenvalue weighted by Crippen LogP contribution is -2.41. The molecular formula is C27H24BrNO3. The first-order valence-electron chi connectivity index (χ1n) is 10.4. The number of halogens is 1. The first-order valence-corrected chi connectivity index (χ1v) is 11.2. The van der Waals surface area contributed by atoms with Crippen molar-refractivity contribution in [1.29, 1.82) is 0 Å². The first kappa shape index (κ1) is 22.2. The number of benzene rings is 3. The van der Waals surface area contributed by atoms with Gasteiger partial charge in [0.1, 0.15) is 0 Å². The summed E-state index contributed by atoms with van der Waals surface area (Å²) in [5, 5.41) is 11.5. The smallest absolute Gasteiger partial charge is 0.264 e. The minimum Gasteiger partial charge on any atom is -0.375 e. The van der Waals surface area contributed by atoms with E-state index in [-0.39, 0.29) is 12.2 Å². The molecule has 1 heterocycles. The molecule has 1 atom stereocenters. The maximum atomic E-state index is 13.5. The van der Waals surface area contributed by atoms with Gasteiger partial charge in [-0.05, 0) is 54.8 Å². The van der Waals surface area contributed by atoms with E-state index in [4.69, 9.17) is 0 Å². The number of anilines is 1. The Balaban J connectivity index is 1.65. The highest BCUT2D eigenvalue weighted by atomic mass is 79.9. The van der Waals surface area contributed by atoms with Gasteiger partial charge in [0.15, 0.2) is 11.4 Å². The molecule has 0 aliphatic carbocycles. The Morgan fingerprint density at radius 2 is 1.81 bits per heavy atom. The van der Waals surface area contributed by atoms with Gasteiger partial charge in [0.25, 0.3) is 5.91 Å². The van der Waals surface area contributed by atoms with Gasteiger partial charge in [-0.25, -0.2) is 0 Å². The zero-order chi connectivity index (χ0) is 22.9. The van der Waals surface area contributed by atoms with E-state index in [2.05, 4.69) is 22.0 Å². The number of hydrogen-bond acceptors (Lipinski definition) is 3. The van der Waals surface area contributed by atoms with Crippen LogP contribution in [0.25, 0.3) is 6.08 Å². The molecule has 0 saturated carbocycles. The molecule has 3 aromatic rings. The fourth-order valence-corrected chi connectivity index (χ4v) is 4.47. The van der Waals surface area contributed by atoms with Crippen molar-refractivity contribution in [2.45, 2.75) is 32.4 Å². The second kappa shape index (κ2) is 8.85. The molecule has 1 aliphatic rings. The summed E-state index contributed by atoms with van der Waals surface area (Å²) < 4.78 is 0.739. The molecule has 32 heavy (non-hydrogen) atoms. The van der Waals surface area contributed by atoms with Gasteiger partial charge in [0.2, 0.25) is 0 Å². The van der Waals surface area contributed by atoms with Crippen LogP contribution < -0.4 is 4.90 Å². The molecule has 5 heteroatoms. The van der Waals surface area contributed by atoms with Crippen molar-refractivity contribution >= 4 is 39.4 Å². The molecule has 1 unspecified atom stereocenters. The molecule has 0 saturated heterocycles. The highest BCUT2D eigenvalue weighted by Gasteiger charge is 2.50. The number of ketones is 1. The van der Waals surface area contributed by atoms with Crippen LogP contribution >= 0.6 is 15.9 Å². The maximum Gasteiger partial charge on any atom is 0.264 e. The second-order valence-electron chi connectivity index (χ2n) is 8.23. The summed E-state index contributed by atoms with van der Waals surface area (Å²) in [7, 11) is 0. The van der Waals surface area contributed by atoms with Crippen LogP contribution in [0.2, 0.25) is 0 Å². The molecule has 4 nitrogen and oxygen atoms in total. The minimum absolute atomic E-state index is 0.316. The Morgan fingerprint density at radius 1 is 1.06 bits per heavy atom. The van der Waals surface area contributed by atoms with Crippen LogP contribution in [0.5, 0.6) is 0 Å². The molecule has 0 fully saturated rings. The zero-order valence-electron chi connectivity index (χ0n) is 18.0. The molecule has 1 amide bonds. The fraction of sp³-hybridized carbons (Fsp3) is 0.185. The van der Waals surface area contributed by atoms with Gasteiger partial charge in [0, 0.05) is 10.0 Å². The van der Waals surface area contributed by atoms with Crippen LogP contribution in [0, 0.1) is 13.8 Å². The van der Waals surface area contributed by atoms with E-state index in [1.54, 1.807) is 17.0 Å². The number of aryl methyl sites for hydroxylation is 2. The van der Waals surface area contributed by atoms with Crippen molar-refractivity contribution in [2.24, 2.45) is 0 Å². The van der Waals surface area contributed by atoms with Crippen LogP contribution in [-0.4, -0.2) is 16.8 Å². The summed E-state index contributed by atoms with van der Waals surface area (Å²) in [5.41, 5.74) is 3.27. The molecule has 4 rings (SSSR count). The SMILES string of the molecule is Cc1ccc(CN2C(=O)C(O)(CC(=O)/C=C/c3ccccc3)c3cc(Br)ccc32)c(C)c1. The lowest BCUT2D eigenvalue weighted by atomic mass is 9.89. The van der Waals surface area contributed by atoms with E-state index in [0.717, 1.165) is 26.7 Å². The van der Waals surface area contributed by atoms with Crippen molar-refractivity contribution < 1.29 is 14.7 Å². The standard InChI is InChI=1S/C27H24BrNO3/c1-18-8-10-21(19(2)14-18)17-29-25-13-11-22(28)15-24(25)27(32,26(29)31)16-23(30)12-9-20-6-4-3-5-7-20/h3-15,32H,16-17H2,1-2H3/b12-9+.